The van der Waals surface area contributed by atoms with Crippen LogP contribution >= 0.6 is 11.6 Å². The minimum atomic E-state index is 0.112. The van der Waals surface area contributed by atoms with Gasteiger partial charge in [-0.15, -0.1) is 0 Å². The first kappa shape index (κ1) is 17.3. The lowest BCUT2D eigenvalue weighted by atomic mass is 9.94. The zero-order valence-electron chi connectivity index (χ0n) is 13.4. The van der Waals surface area contributed by atoms with Gasteiger partial charge in [0.2, 0.25) is 0 Å². The van der Waals surface area contributed by atoms with Gasteiger partial charge in [0.15, 0.2) is 0 Å². The third kappa shape index (κ3) is 6.15. The van der Waals surface area contributed by atoms with E-state index in [-0.39, 0.29) is 5.41 Å². The highest BCUT2D eigenvalue weighted by atomic mass is 35.5. The predicted octanol–water partition coefficient (Wildman–Crippen LogP) is 4.55. The summed E-state index contributed by atoms with van der Waals surface area (Å²) in [6.45, 7) is 13.7. The summed E-state index contributed by atoms with van der Waals surface area (Å²) in [6.07, 6.45) is 0.926. The first-order valence-electron chi connectivity index (χ1n) is 7.46. The van der Waals surface area contributed by atoms with Crippen LogP contribution in [0.4, 0.5) is 0 Å². The summed E-state index contributed by atoms with van der Waals surface area (Å²) in [7, 11) is 0. The molecule has 0 amide bonds. The molecule has 1 rings (SSSR count). The number of halogens is 1. The van der Waals surface area contributed by atoms with Crippen LogP contribution in [0.3, 0.4) is 0 Å². The van der Waals surface area contributed by atoms with E-state index >= 15 is 0 Å². The van der Waals surface area contributed by atoms with Gasteiger partial charge in [0.05, 0.1) is 6.61 Å². The fraction of sp³-hybridized carbons (Fsp3) is 0.647. The van der Waals surface area contributed by atoms with Crippen LogP contribution in [0.25, 0.3) is 0 Å². The second-order valence-corrected chi connectivity index (χ2v) is 6.99. The number of hydrogen-bond donors (Lipinski definition) is 1. The van der Waals surface area contributed by atoms with E-state index in [1.54, 1.807) is 0 Å². The average molecular weight is 298 g/mol. The largest absolute Gasteiger partial charge is 0.493 e. The van der Waals surface area contributed by atoms with Crippen LogP contribution in [0.1, 0.15) is 40.2 Å². The maximum atomic E-state index is 6.12. The van der Waals surface area contributed by atoms with Crippen molar-refractivity contribution in [3.05, 3.63) is 28.8 Å². The zero-order chi connectivity index (χ0) is 15.2. The number of aryl methyl sites for hydroxylation is 1. The monoisotopic (exact) mass is 297 g/mol. The summed E-state index contributed by atoms with van der Waals surface area (Å²) in [4.78, 5) is 0. The first-order valence-corrected chi connectivity index (χ1v) is 7.84. The number of nitrogens with one attached hydrogen (secondary N) is 1. The zero-order valence-corrected chi connectivity index (χ0v) is 14.2. The number of rotatable bonds is 8. The molecule has 1 aromatic rings. The molecule has 20 heavy (non-hydrogen) atoms. The van der Waals surface area contributed by atoms with Crippen molar-refractivity contribution in [2.75, 3.05) is 19.7 Å². The molecular weight excluding hydrogens is 270 g/mol. The van der Waals surface area contributed by atoms with Gasteiger partial charge in [-0.05, 0) is 42.6 Å². The third-order valence-corrected chi connectivity index (χ3v) is 3.55. The molecule has 0 spiro atoms. The molecule has 1 aromatic carbocycles. The first-order chi connectivity index (χ1) is 9.34. The van der Waals surface area contributed by atoms with Crippen LogP contribution < -0.4 is 10.1 Å². The van der Waals surface area contributed by atoms with Crippen molar-refractivity contribution in [3.63, 3.8) is 0 Å². The molecule has 0 fully saturated rings. The minimum Gasteiger partial charge on any atom is -0.493 e. The van der Waals surface area contributed by atoms with Gasteiger partial charge in [0, 0.05) is 17.0 Å². The van der Waals surface area contributed by atoms with Gasteiger partial charge in [-0.2, -0.15) is 0 Å². The molecule has 0 heterocycles. The topological polar surface area (TPSA) is 21.3 Å². The van der Waals surface area contributed by atoms with Crippen molar-refractivity contribution in [3.8, 4) is 5.75 Å². The Morgan fingerprint density at radius 2 is 2.00 bits per heavy atom. The molecule has 0 bridgehead atoms. The van der Waals surface area contributed by atoms with Crippen molar-refractivity contribution in [2.24, 2.45) is 11.3 Å². The molecule has 0 aromatic heterocycles. The SMILES string of the molecule is CCc1cc(OCC(C)(C)CNCC(C)C)ccc1Cl. The van der Waals surface area contributed by atoms with Crippen LogP contribution in [0, 0.1) is 11.3 Å². The fourth-order valence-electron chi connectivity index (χ4n) is 1.94. The van der Waals surface area contributed by atoms with Gasteiger partial charge < -0.3 is 10.1 Å². The lowest BCUT2D eigenvalue weighted by molar-refractivity contribution is 0.175. The molecule has 114 valence electrons. The van der Waals surface area contributed by atoms with E-state index < -0.39 is 0 Å². The summed E-state index contributed by atoms with van der Waals surface area (Å²) in [5, 5.41) is 4.31. The van der Waals surface area contributed by atoms with Crippen LogP contribution in [0.2, 0.25) is 5.02 Å². The fourth-order valence-corrected chi connectivity index (χ4v) is 2.19. The highest BCUT2D eigenvalue weighted by Gasteiger charge is 2.18. The van der Waals surface area contributed by atoms with Crippen LogP contribution in [0.5, 0.6) is 5.75 Å². The quantitative estimate of drug-likeness (QED) is 0.760. The summed E-state index contributed by atoms with van der Waals surface area (Å²) in [5.74, 6) is 1.58. The standard InChI is InChI=1S/C17H28ClNO/c1-6-14-9-15(7-8-16(14)18)20-12-17(4,5)11-19-10-13(2)3/h7-9,13,19H,6,10-12H2,1-5H3. The molecule has 3 heteroatoms. The summed E-state index contributed by atoms with van der Waals surface area (Å²) in [5.41, 5.74) is 1.25. The third-order valence-electron chi connectivity index (χ3n) is 3.18. The van der Waals surface area contributed by atoms with Crippen molar-refractivity contribution in [1.82, 2.24) is 5.32 Å². The van der Waals surface area contributed by atoms with Gasteiger partial charge in [-0.3, -0.25) is 0 Å². The lowest BCUT2D eigenvalue weighted by Crippen LogP contribution is -2.35. The molecule has 0 unspecified atom stereocenters. The molecule has 0 aliphatic carbocycles. The molecule has 0 aliphatic rings. The second-order valence-electron chi connectivity index (χ2n) is 6.58. The molecule has 0 saturated carbocycles. The maximum Gasteiger partial charge on any atom is 0.119 e. The van der Waals surface area contributed by atoms with Gasteiger partial charge in [-0.1, -0.05) is 46.2 Å². The Balaban J connectivity index is 2.48. The van der Waals surface area contributed by atoms with E-state index in [9.17, 15) is 0 Å². The molecule has 0 saturated heterocycles. The van der Waals surface area contributed by atoms with Gasteiger partial charge in [-0.25, -0.2) is 0 Å². The van der Waals surface area contributed by atoms with E-state index in [2.05, 4.69) is 39.9 Å². The van der Waals surface area contributed by atoms with Crippen LogP contribution in [-0.4, -0.2) is 19.7 Å². The maximum absolute atomic E-state index is 6.12. The van der Waals surface area contributed by atoms with Crippen molar-refractivity contribution in [1.29, 1.82) is 0 Å². The Kier molecular flexibility index (Phi) is 6.84. The van der Waals surface area contributed by atoms with E-state index in [0.717, 1.165) is 35.8 Å². The van der Waals surface area contributed by atoms with Crippen molar-refractivity contribution in [2.45, 2.75) is 41.0 Å². The second kappa shape index (κ2) is 7.90. The summed E-state index contributed by atoms with van der Waals surface area (Å²) >= 11 is 6.12. The Labute approximate surface area is 128 Å². The Morgan fingerprint density at radius 3 is 2.60 bits per heavy atom. The number of benzene rings is 1. The van der Waals surface area contributed by atoms with Crippen LogP contribution in [-0.2, 0) is 6.42 Å². The van der Waals surface area contributed by atoms with Gasteiger partial charge in [0.1, 0.15) is 5.75 Å². The summed E-state index contributed by atoms with van der Waals surface area (Å²) in [6, 6.07) is 5.90. The Morgan fingerprint density at radius 1 is 1.30 bits per heavy atom. The molecular formula is C17H28ClNO. The minimum absolute atomic E-state index is 0.112. The highest BCUT2D eigenvalue weighted by Crippen LogP contribution is 2.24. The van der Waals surface area contributed by atoms with E-state index in [4.69, 9.17) is 16.3 Å². The van der Waals surface area contributed by atoms with Crippen molar-refractivity contribution < 1.29 is 4.74 Å². The van der Waals surface area contributed by atoms with E-state index in [0.29, 0.717) is 12.5 Å². The molecule has 0 radical (unpaired) electrons. The van der Waals surface area contributed by atoms with E-state index in [1.165, 1.54) is 0 Å². The normalized spacial score (nSPS) is 11.9. The summed E-state index contributed by atoms with van der Waals surface area (Å²) < 4.78 is 5.93. The van der Waals surface area contributed by atoms with Gasteiger partial charge >= 0.3 is 0 Å². The Bertz CT molecular complexity index is 415. The number of hydrogen-bond acceptors (Lipinski definition) is 2. The smallest absolute Gasteiger partial charge is 0.119 e. The molecule has 2 nitrogen and oxygen atoms in total. The van der Waals surface area contributed by atoms with Crippen LogP contribution in [0.15, 0.2) is 18.2 Å². The predicted molar refractivity (Wildman–Crippen MR) is 87.8 cm³/mol. The molecule has 0 aliphatic heterocycles. The van der Waals surface area contributed by atoms with Crippen molar-refractivity contribution >= 4 is 11.6 Å². The highest BCUT2D eigenvalue weighted by molar-refractivity contribution is 6.31. The lowest BCUT2D eigenvalue weighted by Gasteiger charge is -2.26. The molecule has 1 N–H and O–H groups in total. The van der Waals surface area contributed by atoms with Gasteiger partial charge in [0.25, 0.3) is 0 Å². The molecule has 0 atom stereocenters. The number of ether oxygens (including phenoxy) is 1. The Hall–Kier alpha value is -0.730. The average Bonchev–Trinajstić information content (AvgIpc) is 2.37. The van der Waals surface area contributed by atoms with E-state index in [1.807, 2.05) is 18.2 Å².